The predicted molar refractivity (Wildman–Crippen MR) is 44.5 cm³/mol. The molecule has 0 saturated carbocycles. The van der Waals surface area contributed by atoms with E-state index < -0.39 is 17.6 Å². The molecule has 0 N–H and O–H groups in total. The average molecular weight is 164 g/mol. The smallest absolute Gasteiger partial charge is 0.307 e. The van der Waals surface area contributed by atoms with Gasteiger partial charge >= 0.3 is 9.28 Å². The molecule has 0 amide bonds. The Balaban J connectivity index is 3.47. The lowest BCUT2D eigenvalue weighted by molar-refractivity contribution is 0.340. The van der Waals surface area contributed by atoms with Crippen molar-refractivity contribution in [1.82, 2.24) is 0 Å². The Morgan fingerprint density at radius 1 is 1.22 bits per heavy atom. The molecule has 0 heterocycles. The maximum atomic E-state index is 5.64. The minimum absolute atomic E-state index is 1.24. The topological polar surface area (TPSA) is 18.5 Å². The molecule has 1 atom stereocenters. The summed E-state index contributed by atoms with van der Waals surface area (Å²) in [5.41, 5.74) is 0. The first kappa shape index (κ1) is 9.35. The molecule has 0 bridgehead atoms. The highest BCUT2D eigenvalue weighted by molar-refractivity contribution is 6.75. The quantitative estimate of drug-likeness (QED) is 0.586. The van der Waals surface area contributed by atoms with Crippen LogP contribution in [0.3, 0.4) is 0 Å². The van der Waals surface area contributed by atoms with Crippen molar-refractivity contribution in [1.29, 1.82) is 0 Å². The molecule has 0 spiro atoms. The van der Waals surface area contributed by atoms with Crippen LogP contribution in [0.15, 0.2) is 0 Å². The minimum atomic E-state index is -1.30. The monoisotopic (exact) mass is 164 g/mol. The van der Waals surface area contributed by atoms with Crippen molar-refractivity contribution in [3.05, 3.63) is 0 Å². The van der Waals surface area contributed by atoms with Crippen molar-refractivity contribution >= 4 is 17.6 Å². The summed E-state index contributed by atoms with van der Waals surface area (Å²) in [6, 6.07) is 0. The number of hydrogen-bond donors (Lipinski definition) is 0. The highest BCUT2D eigenvalue weighted by Gasteiger charge is 2.18. The number of hydrogen-bond acceptors (Lipinski definition) is 2. The van der Waals surface area contributed by atoms with Gasteiger partial charge in [-0.2, -0.15) is 0 Å². The highest BCUT2D eigenvalue weighted by Crippen LogP contribution is 2.04. The van der Waals surface area contributed by atoms with Crippen LogP contribution in [0.1, 0.15) is 0 Å². The van der Waals surface area contributed by atoms with E-state index in [1.54, 1.807) is 7.11 Å². The van der Waals surface area contributed by atoms with Gasteiger partial charge in [0.05, 0.1) is 0 Å². The van der Waals surface area contributed by atoms with E-state index in [9.17, 15) is 0 Å². The molecule has 0 fully saturated rings. The van der Waals surface area contributed by atoms with Crippen molar-refractivity contribution < 1.29 is 8.54 Å². The largest absolute Gasteiger partial charge is 0.438 e. The molecule has 4 heteroatoms. The zero-order valence-electron chi connectivity index (χ0n) is 6.89. The molecular weight excluding hydrogens is 148 g/mol. The molecule has 0 aromatic rings. The lowest BCUT2D eigenvalue weighted by atomic mass is 11.8. The van der Waals surface area contributed by atoms with E-state index in [-0.39, 0.29) is 0 Å². The summed E-state index contributed by atoms with van der Waals surface area (Å²) in [5, 5.41) is 0. The van der Waals surface area contributed by atoms with Crippen LogP contribution in [-0.2, 0) is 8.54 Å². The Bertz CT molecular complexity index is 79.5. The summed E-state index contributed by atoms with van der Waals surface area (Å²) < 4.78 is 10.7. The lowest BCUT2D eigenvalue weighted by Crippen LogP contribution is -2.34. The second-order valence-corrected chi connectivity index (χ2v) is 9.81. The lowest BCUT2D eigenvalue weighted by Gasteiger charge is -2.21. The molecule has 0 aliphatic carbocycles. The van der Waals surface area contributed by atoms with Gasteiger partial charge in [-0.3, -0.25) is 0 Å². The SMILES string of the molecule is CO[SiH](C)O[Si](C)(C)C. The fourth-order valence-electron chi connectivity index (χ4n) is 0.546. The third kappa shape index (κ3) is 6.24. The van der Waals surface area contributed by atoms with Gasteiger partial charge in [0.15, 0.2) is 8.32 Å². The molecule has 0 aliphatic heterocycles. The van der Waals surface area contributed by atoms with E-state index >= 15 is 0 Å². The highest BCUT2D eigenvalue weighted by atomic mass is 28.4. The zero-order chi connectivity index (χ0) is 7.49. The summed E-state index contributed by atoms with van der Waals surface area (Å²) in [4.78, 5) is 0. The fourth-order valence-corrected chi connectivity index (χ4v) is 4.91. The van der Waals surface area contributed by atoms with Crippen LogP contribution in [-0.4, -0.2) is 24.7 Å². The first-order valence-electron chi connectivity index (χ1n) is 3.16. The van der Waals surface area contributed by atoms with Crippen molar-refractivity contribution in [3.8, 4) is 0 Å². The summed E-state index contributed by atoms with van der Waals surface area (Å²) in [5.74, 6) is 0. The molecule has 0 saturated heterocycles. The maximum Gasteiger partial charge on any atom is 0.307 e. The van der Waals surface area contributed by atoms with Gasteiger partial charge < -0.3 is 8.54 Å². The van der Waals surface area contributed by atoms with Gasteiger partial charge in [-0.25, -0.2) is 0 Å². The Morgan fingerprint density at radius 2 is 1.67 bits per heavy atom. The summed E-state index contributed by atoms with van der Waals surface area (Å²) in [6.45, 7) is 8.58. The Hall–Kier alpha value is 0.354. The van der Waals surface area contributed by atoms with Gasteiger partial charge in [0, 0.05) is 7.11 Å². The second-order valence-electron chi connectivity index (χ2n) is 3.03. The number of rotatable bonds is 3. The zero-order valence-corrected chi connectivity index (χ0v) is 9.05. The van der Waals surface area contributed by atoms with Crippen LogP contribution < -0.4 is 0 Å². The standard InChI is InChI=1S/C5H16O2Si2/c1-6-8(2)7-9(3,4)5/h8H,1-5H3. The van der Waals surface area contributed by atoms with E-state index in [4.69, 9.17) is 8.54 Å². The third-order valence-electron chi connectivity index (χ3n) is 0.851. The van der Waals surface area contributed by atoms with Crippen molar-refractivity contribution in [2.24, 2.45) is 0 Å². The van der Waals surface area contributed by atoms with E-state index in [0.29, 0.717) is 0 Å². The first-order valence-corrected chi connectivity index (χ1v) is 8.67. The predicted octanol–water partition coefficient (Wildman–Crippen LogP) is 1.33. The van der Waals surface area contributed by atoms with Gasteiger partial charge in [-0.1, -0.05) is 0 Å². The van der Waals surface area contributed by atoms with Gasteiger partial charge in [0.25, 0.3) is 0 Å². The summed E-state index contributed by atoms with van der Waals surface area (Å²) in [6.07, 6.45) is 0. The normalized spacial score (nSPS) is 15.7. The molecular formula is C5H16O2Si2. The molecule has 0 aromatic heterocycles. The van der Waals surface area contributed by atoms with Crippen LogP contribution in [0, 0.1) is 0 Å². The molecule has 0 aliphatic rings. The van der Waals surface area contributed by atoms with Crippen LogP contribution in [0.5, 0.6) is 0 Å². The van der Waals surface area contributed by atoms with Gasteiger partial charge in [0.1, 0.15) is 0 Å². The average Bonchev–Trinajstić information content (AvgIpc) is 1.62. The Kier molecular flexibility index (Phi) is 3.64. The van der Waals surface area contributed by atoms with E-state index in [1.165, 1.54) is 0 Å². The van der Waals surface area contributed by atoms with Crippen molar-refractivity contribution in [2.45, 2.75) is 26.2 Å². The van der Waals surface area contributed by atoms with Crippen LogP contribution in [0.4, 0.5) is 0 Å². The van der Waals surface area contributed by atoms with E-state index in [1.807, 2.05) is 0 Å². The molecule has 1 unspecified atom stereocenters. The molecule has 2 nitrogen and oxygen atoms in total. The second kappa shape index (κ2) is 3.50. The van der Waals surface area contributed by atoms with Crippen LogP contribution in [0.25, 0.3) is 0 Å². The Morgan fingerprint density at radius 3 is 1.78 bits per heavy atom. The van der Waals surface area contributed by atoms with Crippen molar-refractivity contribution in [3.63, 3.8) is 0 Å². The van der Waals surface area contributed by atoms with Crippen molar-refractivity contribution in [2.75, 3.05) is 7.11 Å². The van der Waals surface area contributed by atoms with Gasteiger partial charge in [-0.15, -0.1) is 0 Å². The summed E-state index contributed by atoms with van der Waals surface area (Å²) >= 11 is 0. The van der Waals surface area contributed by atoms with Crippen LogP contribution >= 0.6 is 0 Å². The van der Waals surface area contributed by atoms with E-state index in [2.05, 4.69) is 26.2 Å². The van der Waals surface area contributed by atoms with Crippen LogP contribution in [0.2, 0.25) is 26.2 Å². The third-order valence-corrected chi connectivity index (χ3v) is 5.67. The summed E-state index contributed by atoms with van der Waals surface area (Å²) in [7, 11) is -0.830. The maximum absolute atomic E-state index is 5.64. The van der Waals surface area contributed by atoms with E-state index in [0.717, 1.165) is 0 Å². The van der Waals surface area contributed by atoms with Gasteiger partial charge in [-0.05, 0) is 26.2 Å². The molecule has 0 rings (SSSR count). The molecule has 9 heavy (non-hydrogen) atoms. The first-order chi connectivity index (χ1) is 3.95. The Labute approximate surface area is 60.2 Å². The fraction of sp³-hybridized carbons (Fsp3) is 1.00. The van der Waals surface area contributed by atoms with Gasteiger partial charge in [0.2, 0.25) is 0 Å². The molecule has 0 aromatic carbocycles. The molecule has 0 radical (unpaired) electrons. The molecule has 56 valence electrons. The minimum Gasteiger partial charge on any atom is -0.438 e.